The molecule has 3 aromatic heterocycles. The van der Waals surface area contributed by atoms with Crippen LogP contribution in [0, 0.1) is 6.92 Å². The van der Waals surface area contributed by atoms with Gasteiger partial charge in [0.1, 0.15) is 5.60 Å². The Morgan fingerprint density at radius 1 is 1.23 bits per heavy atom. The zero-order valence-electron chi connectivity index (χ0n) is 17.6. The van der Waals surface area contributed by atoms with E-state index in [4.69, 9.17) is 4.98 Å². The summed E-state index contributed by atoms with van der Waals surface area (Å²) in [4.78, 5) is 29.9. The lowest BCUT2D eigenvalue weighted by atomic mass is 9.93. The minimum absolute atomic E-state index is 0.0203. The van der Waals surface area contributed by atoms with Gasteiger partial charge in [-0.05, 0) is 46.6 Å². The standard InChI is InChI=1S/C22H26N4O2S2/c1-13-6-7-15(20-25-18(14(2)30-20)22(3,4)28)10-26(13)21(27)17-12-29-11-16(17)19-23-8-5-9-24-19/h5,8-9,11-13,15,28H,6-7,10H2,1-4H3/t13-,15-/m1/s1. The van der Waals surface area contributed by atoms with E-state index < -0.39 is 5.60 Å². The lowest BCUT2D eigenvalue weighted by Gasteiger charge is -2.37. The van der Waals surface area contributed by atoms with Crippen molar-refractivity contribution < 1.29 is 9.90 Å². The van der Waals surface area contributed by atoms with E-state index in [0.717, 1.165) is 34.0 Å². The number of carbonyl (C=O) groups is 1. The molecule has 1 fully saturated rings. The van der Waals surface area contributed by atoms with E-state index in [0.29, 0.717) is 17.9 Å². The van der Waals surface area contributed by atoms with Gasteiger partial charge >= 0.3 is 0 Å². The Morgan fingerprint density at radius 2 is 1.97 bits per heavy atom. The van der Waals surface area contributed by atoms with Crippen LogP contribution < -0.4 is 0 Å². The van der Waals surface area contributed by atoms with Crippen LogP contribution in [-0.2, 0) is 5.60 Å². The van der Waals surface area contributed by atoms with Crippen molar-refractivity contribution in [3.63, 3.8) is 0 Å². The van der Waals surface area contributed by atoms with Crippen molar-refractivity contribution in [2.45, 2.75) is 58.1 Å². The molecule has 2 atom stereocenters. The van der Waals surface area contributed by atoms with Crippen LogP contribution in [0.3, 0.4) is 0 Å². The minimum atomic E-state index is -0.961. The number of thiophene rings is 1. The maximum Gasteiger partial charge on any atom is 0.255 e. The monoisotopic (exact) mass is 442 g/mol. The quantitative estimate of drug-likeness (QED) is 0.638. The summed E-state index contributed by atoms with van der Waals surface area (Å²) in [6.07, 6.45) is 5.30. The molecule has 6 nitrogen and oxygen atoms in total. The molecule has 0 unspecified atom stereocenters. The van der Waals surface area contributed by atoms with Crippen LogP contribution in [0.2, 0.25) is 0 Å². The Kier molecular flexibility index (Phi) is 5.74. The topological polar surface area (TPSA) is 79.2 Å². The average molecular weight is 443 g/mol. The molecule has 0 saturated carbocycles. The molecule has 0 spiro atoms. The van der Waals surface area contributed by atoms with Crippen LogP contribution in [0.4, 0.5) is 0 Å². The lowest BCUT2D eigenvalue weighted by Crippen LogP contribution is -2.44. The normalized spacial score (nSPS) is 19.8. The van der Waals surface area contributed by atoms with Crippen LogP contribution >= 0.6 is 22.7 Å². The third kappa shape index (κ3) is 4.04. The van der Waals surface area contributed by atoms with Gasteiger partial charge in [-0.2, -0.15) is 11.3 Å². The van der Waals surface area contributed by atoms with Gasteiger partial charge in [0.15, 0.2) is 5.82 Å². The maximum absolute atomic E-state index is 13.5. The van der Waals surface area contributed by atoms with Crippen molar-refractivity contribution >= 4 is 28.6 Å². The zero-order valence-corrected chi connectivity index (χ0v) is 19.3. The Hall–Kier alpha value is -2.16. The van der Waals surface area contributed by atoms with Gasteiger partial charge in [-0.25, -0.2) is 15.0 Å². The smallest absolute Gasteiger partial charge is 0.255 e. The number of nitrogens with zero attached hydrogens (tertiary/aromatic N) is 4. The molecule has 158 valence electrons. The van der Waals surface area contributed by atoms with Crippen molar-refractivity contribution in [2.24, 2.45) is 0 Å². The third-order valence-corrected chi connectivity index (χ3v) is 7.46. The van der Waals surface area contributed by atoms with Gasteiger partial charge in [0.2, 0.25) is 0 Å². The summed E-state index contributed by atoms with van der Waals surface area (Å²) >= 11 is 3.13. The summed E-state index contributed by atoms with van der Waals surface area (Å²) in [6, 6.07) is 1.93. The molecule has 30 heavy (non-hydrogen) atoms. The number of rotatable bonds is 4. The van der Waals surface area contributed by atoms with Gasteiger partial charge in [0.05, 0.1) is 16.3 Å². The first-order valence-corrected chi connectivity index (χ1v) is 11.9. The molecule has 1 amide bonds. The fourth-order valence-electron chi connectivity index (χ4n) is 3.98. The fourth-order valence-corrected chi connectivity index (χ4v) is 5.98. The number of aliphatic hydroxyl groups is 1. The largest absolute Gasteiger partial charge is 0.384 e. The maximum atomic E-state index is 13.5. The third-order valence-electron chi connectivity index (χ3n) is 5.58. The van der Waals surface area contributed by atoms with Crippen LogP contribution in [0.1, 0.15) is 65.5 Å². The Balaban J connectivity index is 1.60. The zero-order chi connectivity index (χ0) is 21.5. The first kappa shape index (κ1) is 21.1. The van der Waals surface area contributed by atoms with Crippen LogP contribution in [-0.4, -0.2) is 43.5 Å². The van der Waals surface area contributed by atoms with Crippen LogP contribution in [0.25, 0.3) is 11.4 Å². The van der Waals surface area contributed by atoms with Gasteiger partial charge in [-0.1, -0.05) is 0 Å². The minimum Gasteiger partial charge on any atom is -0.384 e. The van der Waals surface area contributed by atoms with Crippen molar-refractivity contribution in [1.29, 1.82) is 0 Å². The molecule has 0 aliphatic carbocycles. The van der Waals surface area contributed by atoms with Gasteiger partial charge in [-0.15, -0.1) is 11.3 Å². The molecule has 0 aromatic carbocycles. The molecule has 4 rings (SSSR count). The van der Waals surface area contributed by atoms with E-state index in [2.05, 4.69) is 16.9 Å². The second-order valence-corrected chi connectivity index (χ2v) is 10.3. The predicted molar refractivity (Wildman–Crippen MR) is 120 cm³/mol. The number of hydrogen-bond acceptors (Lipinski definition) is 7. The van der Waals surface area contributed by atoms with Crippen LogP contribution in [0.5, 0.6) is 0 Å². The summed E-state index contributed by atoms with van der Waals surface area (Å²) in [7, 11) is 0. The summed E-state index contributed by atoms with van der Waals surface area (Å²) in [5.74, 6) is 0.778. The highest BCUT2D eigenvalue weighted by atomic mass is 32.1. The highest BCUT2D eigenvalue weighted by Crippen LogP contribution is 2.37. The first-order chi connectivity index (χ1) is 14.3. The van der Waals surface area contributed by atoms with E-state index in [1.54, 1.807) is 43.6 Å². The number of piperidine rings is 1. The van der Waals surface area contributed by atoms with E-state index in [9.17, 15) is 9.90 Å². The van der Waals surface area contributed by atoms with Crippen molar-refractivity contribution in [3.05, 3.63) is 50.4 Å². The lowest BCUT2D eigenvalue weighted by molar-refractivity contribution is 0.0606. The number of hydrogen-bond donors (Lipinski definition) is 1. The molecule has 1 aliphatic heterocycles. The average Bonchev–Trinajstić information content (AvgIpc) is 3.35. The van der Waals surface area contributed by atoms with Gasteiger partial charge < -0.3 is 10.0 Å². The Labute approximate surface area is 184 Å². The first-order valence-electron chi connectivity index (χ1n) is 10.1. The van der Waals surface area contributed by atoms with E-state index in [1.807, 2.05) is 22.6 Å². The van der Waals surface area contributed by atoms with E-state index in [1.165, 1.54) is 11.3 Å². The van der Waals surface area contributed by atoms with E-state index >= 15 is 0 Å². The summed E-state index contributed by atoms with van der Waals surface area (Å²) in [5.41, 5.74) is 1.22. The number of amides is 1. The molecular weight excluding hydrogens is 416 g/mol. The van der Waals surface area contributed by atoms with Crippen molar-refractivity contribution in [3.8, 4) is 11.4 Å². The number of aryl methyl sites for hydroxylation is 1. The second kappa shape index (κ2) is 8.17. The molecule has 8 heteroatoms. The number of likely N-dealkylation sites (tertiary alicyclic amines) is 1. The second-order valence-electron chi connectivity index (χ2n) is 8.37. The van der Waals surface area contributed by atoms with Gasteiger partial charge in [0, 0.05) is 52.1 Å². The molecule has 0 bridgehead atoms. The number of aromatic nitrogens is 3. The fraction of sp³-hybridized carbons (Fsp3) is 0.455. The molecule has 1 N–H and O–H groups in total. The molecular formula is C22H26N4O2S2. The molecule has 4 heterocycles. The predicted octanol–water partition coefficient (Wildman–Crippen LogP) is 4.61. The summed E-state index contributed by atoms with van der Waals surface area (Å²) < 4.78 is 0. The summed E-state index contributed by atoms with van der Waals surface area (Å²) in [6.45, 7) is 8.26. The van der Waals surface area contributed by atoms with Gasteiger partial charge in [-0.3, -0.25) is 4.79 Å². The van der Waals surface area contributed by atoms with Crippen LogP contribution in [0.15, 0.2) is 29.2 Å². The highest BCUT2D eigenvalue weighted by Gasteiger charge is 2.34. The molecule has 3 aromatic rings. The number of carbonyl (C=O) groups excluding carboxylic acids is 1. The highest BCUT2D eigenvalue weighted by molar-refractivity contribution is 7.11. The SMILES string of the molecule is Cc1sc([C@@H]2CC[C@@H](C)N(C(=O)c3cscc3-c3ncccn3)C2)nc1C(C)(C)O. The van der Waals surface area contributed by atoms with Gasteiger partial charge in [0.25, 0.3) is 5.91 Å². The van der Waals surface area contributed by atoms with Crippen molar-refractivity contribution in [1.82, 2.24) is 19.9 Å². The van der Waals surface area contributed by atoms with Crippen molar-refractivity contribution in [2.75, 3.05) is 6.54 Å². The summed E-state index contributed by atoms with van der Waals surface area (Å²) in [5, 5.41) is 15.2. The van der Waals surface area contributed by atoms with E-state index in [-0.39, 0.29) is 17.9 Å². The molecule has 1 aliphatic rings. The molecule has 1 saturated heterocycles. The number of thiazole rings is 1. The molecule has 0 radical (unpaired) electrons. The Morgan fingerprint density at radius 3 is 2.63 bits per heavy atom. The Bertz CT molecular complexity index is 1040.